The van der Waals surface area contributed by atoms with Gasteiger partial charge in [0, 0.05) is 11.7 Å². The summed E-state index contributed by atoms with van der Waals surface area (Å²) in [7, 11) is 0. The van der Waals surface area contributed by atoms with Crippen LogP contribution < -0.4 is 0 Å². The molecule has 1 aliphatic rings. The summed E-state index contributed by atoms with van der Waals surface area (Å²) in [4.78, 5) is 7.60. The fraction of sp³-hybridized carbons (Fsp3) is 0.500. The van der Waals surface area contributed by atoms with E-state index in [9.17, 15) is 0 Å². The molecule has 0 amide bonds. The first-order chi connectivity index (χ1) is 8.00. The predicted octanol–water partition coefficient (Wildman–Crippen LogP) is 3.89. The smallest absolute Gasteiger partial charge is 0.179 e. The lowest BCUT2D eigenvalue weighted by molar-refractivity contribution is 0.308. The number of hydrogen-bond donors (Lipinski definition) is 1. The molecule has 1 N–H and O–H groups in total. The van der Waals surface area contributed by atoms with Crippen LogP contribution in [0.2, 0.25) is 5.02 Å². The minimum absolute atomic E-state index is 0.0240. The molecule has 0 spiro atoms. The van der Waals surface area contributed by atoms with E-state index in [-0.39, 0.29) is 5.54 Å². The molecule has 1 fully saturated rings. The quantitative estimate of drug-likeness (QED) is 0.838. The van der Waals surface area contributed by atoms with Crippen molar-refractivity contribution < 1.29 is 0 Å². The Balaban J connectivity index is 2.28. The van der Waals surface area contributed by atoms with Gasteiger partial charge in [-0.2, -0.15) is 0 Å². The second-order valence-electron chi connectivity index (χ2n) is 5.22. The number of rotatable bonds is 2. The van der Waals surface area contributed by atoms with Crippen LogP contribution in [0.25, 0.3) is 11.2 Å². The van der Waals surface area contributed by atoms with E-state index in [0.717, 1.165) is 15.9 Å². The number of pyridine rings is 1. The molecule has 0 aliphatic heterocycles. The Morgan fingerprint density at radius 3 is 2.88 bits per heavy atom. The normalized spacial score (nSPS) is 16.6. The Kier molecular flexibility index (Phi) is 2.35. The number of imidazole rings is 1. The molecule has 0 bridgehead atoms. The topological polar surface area (TPSA) is 33.6 Å². The largest absolute Gasteiger partial charge is 0.329 e. The van der Waals surface area contributed by atoms with E-state index in [4.69, 9.17) is 23.8 Å². The Hall–Kier alpha value is -0.870. The van der Waals surface area contributed by atoms with Crippen molar-refractivity contribution in [2.24, 2.45) is 5.92 Å². The highest BCUT2D eigenvalue weighted by atomic mass is 35.5. The van der Waals surface area contributed by atoms with E-state index < -0.39 is 0 Å². The van der Waals surface area contributed by atoms with E-state index >= 15 is 0 Å². The highest BCUT2D eigenvalue weighted by Gasteiger charge is 2.40. The van der Waals surface area contributed by atoms with Crippen molar-refractivity contribution >= 4 is 35.0 Å². The Bertz CT molecular complexity index is 637. The van der Waals surface area contributed by atoms with Crippen LogP contribution >= 0.6 is 23.8 Å². The molecule has 1 aliphatic carbocycles. The minimum atomic E-state index is 0.0240. The molecule has 17 heavy (non-hydrogen) atoms. The Labute approximate surface area is 110 Å². The van der Waals surface area contributed by atoms with Gasteiger partial charge in [-0.15, -0.1) is 0 Å². The third-order valence-corrected chi connectivity index (χ3v) is 4.13. The van der Waals surface area contributed by atoms with Crippen LogP contribution in [0.4, 0.5) is 0 Å². The summed E-state index contributed by atoms with van der Waals surface area (Å²) < 4.78 is 2.86. The lowest BCUT2D eigenvalue weighted by Gasteiger charge is -2.26. The molecule has 0 unspecified atom stereocenters. The van der Waals surface area contributed by atoms with Crippen LogP contribution in [-0.4, -0.2) is 14.5 Å². The monoisotopic (exact) mass is 267 g/mol. The maximum absolute atomic E-state index is 5.94. The summed E-state index contributed by atoms with van der Waals surface area (Å²) in [5, 5.41) is 0.630. The van der Waals surface area contributed by atoms with Gasteiger partial charge in [0.05, 0.1) is 10.5 Å². The summed E-state index contributed by atoms with van der Waals surface area (Å²) in [6.45, 7) is 4.45. The van der Waals surface area contributed by atoms with Crippen molar-refractivity contribution in [3.63, 3.8) is 0 Å². The molecule has 1 saturated carbocycles. The predicted molar refractivity (Wildman–Crippen MR) is 72.0 cm³/mol. The molecule has 3 rings (SSSR count). The highest BCUT2D eigenvalue weighted by Crippen LogP contribution is 2.45. The van der Waals surface area contributed by atoms with Crippen LogP contribution in [-0.2, 0) is 5.54 Å². The lowest BCUT2D eigenvalue weighted by atomic mass is 9.98. The van der Waals surface area contributed by atoms with Crippen LogP contribution in [0.1, 0.15) is 26.7 Å². The first-order valence-electron chi connectivity index (χ1n) is 5.77. The lowest BCUT2D eigenvalue weighted by Crippen LogP contribution is -2.29. The van der Waals surface area contributed by atoms with Crippen molar-refractivity contribution in [3.8, 4) is 0 Å². The molecule has 2 heterocycles. The standard InChI is InChI=1S/C12H14ClN3S/c1-12(2,7-3-4-7)16-10-9(15-11(16)17)5-8(13)6-14-10/h5-7H,3-4H2,1-2H3,(H,15,17). The summed E-state index contributed by atoms with van der Waals surface area (Å²) in [6, 6.07) is 1.87. The number of H-pyrrole nitrogens is 1. The second-order valence-corrected chi connectivity index (χ2v) is 6.04. The number of aromatic amines is 1. The molecule has 90 valence electrons. The summed E-state index contributed by atoms with van der Waals surface area (Å²) in [5.41, 5.74) is 1.84. The first kappa shape index (κ1) is 11.2. The summed E-state index contributed by atoms with van der Waals surface area (Å²) in [5.74, 6) is 0.700. The SMILES string of the molecule is CC(C)(C1CC1)n1c(=S)[nH]c2cc(Cl)cnc21. The summed E-state index contributed by atoms with van der Waals surface area (Å²) >= 11 is 11.4. The van der Waals surface area contributed by atoms with Gasteiger partial charge in [0.1, 0.15) is 0 Å². The van der Waals surface area contributed by atoms with Crippen LogP contribution in [0, 0.1) is 10.7 Å². The van der Waals surface area contributed by atoms with Crippen LogP contribution in [0.15, 0.2) is 12.3 Å². The average molecular weight is 268 g/mol. The number of fused-ring (bicyclic) bond motifs is 1. The first-order valence-corrected chi connectivity index (χ1v) is 6.55. The number of hydrogen-bond acceptors (Lipinski definition) is 2. The molecule has 0 atom stereocenters. The molecule has 2 aromatic rings. The van der Waals surface area contributed by atoms with E-state index in [2.05, 4.69) is 28.4 Å². The zero-order valence-electron chi connectivity index (χ0n) is 9.83. The van der Waals surface area contributed by atoms with Crippen molar-refractivity contribution in [1.82, 2.24) is 14.5 Å². The molecule has 3 nitrogen and oxygen atoms in total. The molecule has 5 heteroatoms. The Morgan fingerprint density at radius 2 is 2.24 bits per heavy atom. The zero-order chi connectivity index (χ0) is 12.2. The van der Waals surface area contributed by atoms with E-state index in [1.54, 1.807) is 6.20 Å². The average Bonchev–Trinajstić information content (AvgIpc) is 3.01. The second kappa shape index (κ2) is 3.56. The van der Waals surface area contributed by atoms with Crippen molar-refractivity contribution in [2.75, 3.05) is 0 Å². The fourth-order valence-electron chi connectivity index (χ4n) is 2.48. The number of aromatic nitrogens is 3. The van der Waals surface area contributed by atoms with E-state index in [0.29, 0.717) is 10.9 Å². The minimum Gasteiger partial charge on any atom is -0.329 e. The van der Waals surface area contributed by atoms with E-state index in [1.165, 1.54) is 12.8 Å². The van der Waals surface area contributed by atoms with E-state index in [1.807, 2.05) is 6.07 Å². The van der Waals surface area contributed by atoms with Gasteiger partial charge in [-0.25, -0.2) is 4.98 Å². The summed E-state index contributed by atoms with van der Waals surface area (Å²) in [6.07, 6.45) is 4.22. The van der Waals surface area contributed by atoms with Crippen molar-refractivity contribution in [3.05, 3.63) is 22.1 Å². The molecular formula is C12H14ClN3S. The third-order valence-electron chi connectivity index (χ3n) is 3.64. The number of halogens is 1. The maximum Gasteiger partial charge on any atom is 0.179 e. The van der Waals surface area contributed by atoms with Crippen molar-refractivity contribution in [2.45, 2.75) is 32.2 Å². The zero-order valence-corrected chi connectivity index (χ0v) is 11.4. The van der Waals surface area contributed by atoms with Gasteiger partial charge in [0.2, 0.25) is 0 Å². The van der Waals surface area contributed by atoms with Crippen LogP contribution in [0.5, 0.6) is 0 Å². The van der Waals surface area contributed by atoms with Gasteiger partial charge in [0.15, 0.2) is 10.4 Å². The maximum atomic E-state index is 5.94. The Morgan fingerprint density at radius 1 is 1.53 bits per heavy atom. The van der Waals surface area contributed by atoms with Gasteiger partial charge in [-0.1, -0.05) is 11.6 Å². The third kappa shape index (κ3) is 1.70. The molecular weight excluding hydrogens is 254 g/mol. The van der Waals surface area contributed by atoms with Crippen molar-refractivity contribution in [1.29, 1.82) is 0 Å². The molecule has 0 saturated heterocycles. The highest BCUT2D eigenvalue weighted by molar-refractivity contribution is 7.71. The van der Waals surface area contributed by atoms with Gasteiger partial charge in [-0.3, -0.25) is 4.57 Å². The molecule has 0 aromatic carbocycles. The number of nitrogens with one attached hydrogen (secondary N) is 1. The van der Waals surface area contributed by atoms with Gasteiger partial charge in [-0.05, 0) is 50.9 Å². The molecule has 2 aromatic heterocycles. The number of nitrogens with zero attached hydrogens (tertiary/aromatic N) is 2. The van der Waals surface area contributed by atoms with Crippen LogP contribution in [0.3, 0.4) is 0 Å². The van der Waals surface area contributed by atoms with Gasteiger partial charge in [0.25, 0.3) is 0 Å². The van der Waals surface area contributed by atoms with Gasteiger partial charge < -0.3 is 4.98 Å². The fourth-order valence-corrected chi connectivity index (χ4v) is 3.07. The van der Waals surface area contributed by atoms with Gasteiger partial charge >= 0.3 is 0 Å². The molecule has 0 radical (unpaired) electrons.